The number of hydrogen-bond acceptors (Lipinski definition) is 5. The number of piperazine rings is 1. The van der Waals surface area contributed by atoms with E-state index < -0.39 is 0 Å². The molecule has 6 nitrogen and oxygen atoms in total. The third-order valence-corrected chi connectivity index (χ3v) is 4.45. The summed E-state index contributed by atoms with van der Waals surface area (Å²) in [7, 11) is 0. The average molecular weight is 304 g/mol. The van der Waals surface area contributed by atoms with Gasteiger partial charge >= 0.3 is 0 Å². The number of hydrogen-bond donors (Lipinski definition) is 1. The normalized spacial score (nSPS) is 23.6. The number of rotatable bonds is 3. The highest BCUT2D eigenvalue weighted by molar-refractivity contribution is 5.78. The van der Waals surface area contributed by atoms with Crippen LogP contribution in [0.5, 0.6) is 0 Å². The fraction of sp³-hybridized carbons (Fsp3) is 0.625. The lowest BCUT2D eigenvalue weighted by Gasteiger charge is -2.37. The van der Waals surface area contributed by atoms with Gasteiger partial charge in [0.1, 0.15) is 5.82 Å². The predicted molar refractivity (Wildman–Crippen MR) is 84.7 cm³/mol. The zero-order chi connectivity index (χ0) is 15.4. The van der Waals surface area contributed by atoms with Crippen LogP contribution in [0.15, 0.2) is 24.4 Å². The quantitative estimate of drug-likeness (QED) is 0.864. The highest BCUT2D eigenvalue weighted by atomic mass is 16.3. The molecule has 0 radical (unpaired) electrons. The van der Waals surface area contributed by atoms with Crippen molar-refractivity contribution in [2.75, 3.05) is 50.7 Å². The van der Waals surface area contributed by atoms with Crippen LogP contribution in [0.3, 0.4) is 0 Å². The second-order valence-corrected chi connectivity index (χ2v) is 6.09. The van der Waals surface area contributed by atoms with Gasteiger partial charge in [0.15, 0.2) is 0 Å². The molecule has 1 aromatic rings. The molecule has 6 heteroatoms. The van der Waals surface area contributed by atoms with Crippen molar-refractivity contribution in [3.63, 3.8) is 0 Å². The number of β-amino-alcohol motifs (C(OH)–C–C–N with tert-alkyl or cyclic N) is 1. The van der Waals surface area contributed by atoms with E-state index in [1.165, 1.54) is 0 Å². The molecule has 0 bridgehead atoms. The molecule has 3 rings (SSSR count). The maximum Gasteiger partial charge on any atom is 0.236 e. The summed E-state index contributed by atoms with van der Waals surface area (Å²) in [5.41, 5.74) is 0. The molecule has 2 saturated heterocycles. The second-order valence-electron chi connectivity index (χ2n) is 6.09. The van der Waals surface area contributed by atoms with E-state index in [9.17, 15) is 9.90 Å². The van der Waals surface area contributed by atoms with Crippen LogP contribution in [0, 0.1) is 0 Å². The number of aliphatic hydroxyl groups is 1. The highest BCUT2D eigenvalue weighted by Crippen LogP contribution is 2.14. The fourth-order valence-electron chi connectivity index (χ4n) is 3.19. The number of carbonyl (C=O) groups is 1. The number of anilines is 1. The molecule has 1 atom stereocenters. The molecule has 0 spiro atoms. The SMILES string of the molecule is O=C(CN1CCC[C@H](O)C1)N1CCN(c2ccccn2)CC1. The smallest absolute Gasteiger partial charge is 0.236 e. The molecule has 0 aromatic carbocycles. The topological polar surface area (TPSA) is 59.9 Å². The Kier molecular flexibility index (Phi) is 4.90. The Morgan fingerprint density at radius 1 is 1.23 bits per heavy atom. The van der Waals surface area contributed by atoms with Gasteiger partial charge in [0, 0.05) is 38.9 Å². The summed E-state index contributed by atoms with van der Waals surface area (Å²) >= 11 is 0. The molecule has 2 aliphatic rings. The molecule has 120 valence electrons. The van der Waals surface area contributed by atoms with E-state index in [0.717, 1.165) is 51.4 Å². The third kappa shape index (κ3) is 3.75. The maximum atomic E-state index is 12.4. The average Bonchev–Trinajstić information content (AvgIpc) is 2.56. The van der Waals surface area contributed by atoms with Crippen molar-refractivity contribution in [1.82, 2.24) is 14.8 Å². The molecule has 0 aliphatic carbocycles. The summed E-state index contributed by atoms with van der Waals surface area (Å²) in [6, 6.07) is 5.91. The second kappa shape index (κ2) is 7.07. The minimum atomic E-state index is -0.275. The van der Waals surface area contributed by atoms with Gasteiger partial charge in [0.2, 0.25) is 5.91 Å². The predicted octanol–water partition coefficient (Wildman–Crippen LogP) is 0.187. The van der Waals surface area contributed by atoms with E-state index >= 15 is 0 Å². The van der Waals surface area contributed by atoms with Crippen LogP contribution in [0.2, 0.25) is 0 Å². The number of likely N-dealkylation sites (tertiary alicyclic amines) is 1. The Morgan fingerprint density at radius 2 is 2.05 bits per heavy atom. The Bertz CT molecular complexity index is 488. The van der Waals surface area contributed by atoms with Gasteiger partial charge in [-0.25, -0.2) is 4.98 Å². The van der Waals surface area contributed by atoms with E-state index in [1.54, 1.807) is 6.20 Å². The van der Waals surface area contributed by atoms with Crippen molar-refractivity contribution in [3.05, 3.63) is 24.4 Å². The fourth-order valence-corrected chi connectivity index (χ4v) is 3.19. The lowest BCUT2D eigenvalue weighted by molar-refractivity contribution is -0.133. The third-order valence-electron chi connectivity index (χ3n) is 4.45. The van der Waals surface area contributed by atoms with Gasteiger partial charge in [-0.15, -0.1) is 0 Å². The van der Waals surface area contributed by atoms with Crippen molar-refractivity contribution in [2.45, 2.75) is 18.9 Å². The molecule has 2 fully saturated rings. The molecular weight excluding hydrogens is 280 g/mol. The molecular formula is C16H24N4O2. The zero-order valence-corrected chi connectivity index (χ0v) is 12.9. The first kappa shape index (κ1) is 15.2. The number of carbonyl (C=O) groups excluding carboxylic acids is 1. The van der Waals surface area contributed by atoms with Gasteiger partial charge in [0.25, 0.3) is 0 Å². The van der Waals surface area contributed by atoms with Crippen LogP contribution in [0.1, 0.15) is 12.8 Å². The Balaban J connectivity index is 1.47. The van der Waals surface area contributed by atoms with E-state index in [0.29, 0.717) is 13.1 Å². The monoisotopic (exact) mass is 304 g/mol. The van der Waals surface area contributed by atoms with Crippen LogP contribution in [0.4, 0.5) is 5.82 Å². The van der Waals surface area contributed by atoms with Crippen molar-refractivity contribution >= 4 is 11.7 Å². The van der Waals surface area contributed by atoms with Gasteiger partial charge in [-0.1, -0.05) is 6.07 Å². The van der Waals surface area contributed by atoms with Crippen LogP contribution in [-0.2, 0) is 4.79 Å². The van der Waals surface area contributed by atoms with Crippen LogP contribution < -0.4 is 4.90 Å². The molecule has 0 saturated carbocycles. The zero-order valence-electron chi connectivity index (χ0n) is 12.9. The van der Waals surface area contributed by atoms with E-state index in [1.807, 2.05) is 23.1 Å². The van der Waals surface area contributed by atoms with Gasteiger partial charge in [-0.3, -0.25) is 9.69 Å². The lowest BCUT2D eigenvalue weighted by atomic mass is 10.1. The van der Waals surface area contributed by atoms with Crippen LogP contribution >= 0.6 is 0 Å². The van der Waals surface area contributed by atoms with E-state index in [-0.39, 0.29) is 12.0 Å². The molecule has 2 aliphatic heterocycles. The first-order valence-electron chi connectivity index (χ1n) is 8.06. The number of piperidine rings is 1. The Labute approximate surface area is 131 Å². The van der Waals surface area contributed by atoms with Crippen molar-refractivity contribution < 1.29 is 9.90 Å². The first-order valence-corrected chi connectivity index (χ1v) is 8.06. The van der Waals surface area contributed by atoms with E-state index in [2.05, 4.69) is 14.8 Å². The maximum absolute atomic E-state index is 12.4. The lowest BCUT2D eigenvalue weighted by Crippen LogP contribution is -2.52. The van der Waals surface area contributed by atoms with Crippen molar-refractivity contribution in [1.29, 1.82) is 0 Å². The summed E-state index contributed by atoms with van der Waals surface area (Å²) in [4.78, 5) is 23.0. The van der Waals surface area contributed by atoms with Gasteiger partial charge < -0.3 is 14.9 Å². The summed E-state index contributed by atoms with van der Waals surface area (Å²) < 4.78 is 0. The van der Waals surface area contributed by atoms with Gasteiger partial charge in [-0.05, 0) is 31.5 Å². The molecule has 1 N–H and O–H groups in total. The molecule has 1 aromatic heterocycles. The summed E-state index contributed by atoms with van der Waals surface area (Å²) in [5.74, 6) is 1.16. The summed E-state index contributed by atoms with van der Waals surface area (Å²) in [6.45, 7) is 5.10. The van der Waals surface area contributed by atoms with Crippen molar-refractivity contribution in [3.8, 4) is 0 Å². The number of amides is 1. The molecule has 22 heavy (non-hydrogen) atoms. The van der Waals surface area contributed by atoms with Gasteiger partial charge in [0.05, 0.1) is 12.6 Å². The van der Waals surface area contributed by atoms with E-state index in [4.69, 9.17) is 0 Å². The minimum absolute atomic E-state index is 0.176. The highest BCUT2D eigenvalue weighted by Gasteiger charge is 2.25. The molecule has 1 amide bonds. The Morgan fingerprint density at radius 3 is 2.73 bits per heavy atom. The van der Waals surface area contributed by atoms with Crippen LogP contribution in [-0.4, -0.2) is 77.7 Å². The van der Waals surface area contributed by atoms with Crippen molar-refractivity contribution in [2.24, 2.45) is 0 Å². The minimum Gasteiger partial charge on any atom is -0.392 e. The van der Waals surface area contributed by atoms with Crippen LogP contribution in [0.25, 0.3) is 0 Å². The number of aromatic nitrogens is 1. The first-order chi connectivity index (χ1) is 10.7. The molecule has 0 unspecified atom stereocenters. The standard InChI is InChI=1S/C16H24N4O2/c21-14-4-3-7-18(12-14)13-16(22)20-10-8-19(9-11-20)15-5-1-2-6-17-15/h1-2,5-6,14,21H,3-4,7-13H2/t14-/m0/s1. The Hall–Kier alpha value is -1.66. The number of pyridine rings is 1. The number of nitrogens with zero attached hydrogens (tertiary/aromatic N) is 4. The summed E-state index contributed by atoms with van der Waals surface area (Å²) in [6.07, 6.45) is 3.35. The largest absolute Gasteiger partial charge is 0.392 e. The van der Waals surface area contributed by atoms with Gasteiger partial charge in [-0.2, -0.15) is 0 Å². The number of aliphatic hydroxyl groups excluding tert-OH is 1. The summed E-state index contributed by atoms with van der Waals surface area (Å²) in [5, 5.41) is 9.68. The molecule has 3 heterocycles.